The Balaban J connectivity index is 1.52. The number of pyridine rings is 3. The third-order valence-electron chi connectivity index (χ3n) is 5.61. The standard InChI is InChI=1S/C25H25N9O2/c1-13(2)7-19(35)29-16-8-14(10-26-12-16)15-9-18-21(32-33-22(18)28-11-15)24-30-20-17(25(36)34(3)4)5-6-27-23(20)31-24/h5-6,8-13H,7H2,1-4H3,(H,29,35)(H,27,30,31)(H,28,32,33). The second-order valence-electron chi connectivity index (χ2n) is 9.14. The number of rotatable bonds is 6. The monoisotopic (exact) mass is 483 g/mol. The molecule has 182 valence electrons. The van der Waals surface area contributed by atoms with Gasteiger partial charge >= 0.3 is 0 Å². The van der Waals surface area contributed by atoms with E-state index in [4.69, 9.17) is 0 Å². The number of aromatic amines is 2. The summed E-state index contributed by atoms with van der Waals surface area (Å²) in [5.41, 5.74) is 4.77. The van der Waals surface area contributed by atoms with Crippen LogP contribution in [0.2, 0.25) is 0 Å². The van der Waals surface area contributed by atoms with E-state index in [0.29, 0.717) is 46.0 Å². The lowest BCUT2D eigenvalue weighted by molar-refractivity contribution is -0.116. The summed E-state index contributed by atoms with van der Waals surface area (Å²) in [6, 6.07) is 5.44. The van der Waals surface area contributed by atoms with Crippen LogP contribution in [0.1, 0.15) is 30.6 Å². The van der Waals surface area contributed by atoms with Gasteiger partial charge in [-0.2, -0.15) is 5.10 Å². The minimum absolute atomic E-state index is 0.0553. The van der Waals surface area contributed by atoms with E-state index in [0.717, 1.165) is 16.5 Å². The topological polar surface area (TPSA) is 145 Å². The number of amides is 2. The Morgan fingerprint density at radius 1 is 1.06 bits per heavy atom. The second kappa shape index (κ2) is 9.17. The minimum atomic E-state index is -0.163. The van der Waals surface area contributed by atoms with Gasteiger partial charge in [0.15, 0.2) is 17.1 Å². The van der Waals surface area contributed by atoms with Crippen molar-refractivity contribution in [1.82, 2.24) is 40.0 Å². The van der Waals surface area contributed by atoms with Crippen molar-refractivity contribution in [1.29, 1.82) is 0 Å². The van der Waals surface area contributed by atoms with Crippen LogP contribution in [0.5, 0.6) is 0 Å². The van der Waals surface area contributed by atoms with E-state index in [1.54, 1.807) is 44.9 Å². The zero-order valence-corrected chi connectivity index (χ0v) is 20.3. The molecule has 0 saturated heterocycles. The number of hydrogen-bond acceptors (Lipinski definition) is 7. The van der Waals surface area contributed by atoms with E-state index in [2.05, 4.69) is 40.4 Å². The summed E-state index contributed by atoms with van der Waals surface area (Å²) >= 11 is 0. The highest BCUT2D eigenvalue weighted by atomic mass is 16.2. The number of nitrogens with one attached hydrogen (secondary N) is 3. The highest BCUT2D eigenvalue weighted by Crippen LogP contribution is 2.30. The van der Waals surface area contributed by atoms with E-state index in [9.17, 15) is 9.59 Å². The lowest BCUT2D eigenvalue weighted by Crippen LogP contribution is -2.22. The van der Waals surface area contributed by atoms with Crippen LogP contribution in [0.4, 0.5) is 5.69 Å². The lowest BCUT2D eigenvalue weighted by atomic mass is 10.1. The number of imidazole rings is 1. The maximum atomic E-state index is 12.6. The number of carbonyl (C=O) groups excluding carboxylic acids is 2. The number of aromatic nitrogens is 7. The van der Waals surface area contributed by atoms with Crippen molar-refractivity contribution < 1.29 is 9.59 Å². The summed E-state index contributed by atoms with van der Waals surface area (Å²) in [6.45, 7) is 3.99. The van der Waals surface area contributed by atoms with Crippen LogP contribution < -0.4 is 5.32 Å². The number of nitrogens with zero attached hydrogens (tertiary/aromatic N) is 6. The van der Waals surface area contributed by atoms with Gasteiger partial charge < -0.3 is 15.2 Å². The van der Waals surface area contributed by atoms with Gasteiger partial charge in [0, 0.05) is 50.2 Å². The first kappa shape index (κ1) is 23.1. The fourth-order valence-electron chi connectivity index (χ4n) is 3.93. The van der Waals surface area contributed by atoms with Crippen LogP contribution >= 0.6 is 0 Å². The number of anilines is 1. The Bertz CT molecular complexity index is 1600. The fourth-order valence-corrected chi connectivity index (χ4v) is 3.93. The lowest BCUT2D eigenvalue weighted by Gasteiger charge is -2.09. The van der Waals surface area contributed by atoms with Crippen molar-refractivity contribution in [3.8, 4) is 22.6 Å². The SMILES string of the molecule is CC(C)CC(=O)Nc1cncc(-c2cnc3[nH]nc(-c4nc5c(C(=O)N(C)C)ccnc5[nH]4)c3c2)c1. The van der Waals surface area contributed by atoms with Gasteiger partial charge in [-0.15, -0.1) is 0 Å². The molecule has 0 radical (unpaired) electrons. The zero-order valence-electron chi connectivity index (χ0n) is 20.3. The molecule has 11 heteroatoms. The number of fused-ring (bicyclic) bond motifs is 2. The summed E-state index contributed by atoms with van der Waals surface area (Å²) in [5, 5.41) is 11.0. The minimum Gasteiger partial charge on any atom is -0.345 e. The largest absolute Gasteiger partial charge is 0.345 e. The Morgan fingerprint density at radius 2 is 1.86 bits per heavy atom. The first-order chi connectivity index (χ1) is 17.3. The van der Waals surface area contributed by atoms with Crippen molar-refractivity contribution in [3.63, 3.8) is 0 Å². The molecular formula is C25H25N9O2. The molecule has 0 aliphatic heterocycles. The van der Waals surface area contributed by atoms with Crippen molar-refractivity contribution in [2.45, 2.75) is 20.3 Å². The average molecular weight is 484 g/mol. The van der Waals surface area contributed by atoms with Crippen LogP contribution in [0, 0.1) is 5.92 Å². The molecule has 0 saturated carbocycles. The predicted octanol–water partition coefficient (Wildman–Crippen LogP) is 3.64. The molecule has 5 aromatic heterocycles. The number of H-pyrrole nitrogens is 2. The molecule has 0 bridgehead atoms. The molecule has 11 nitrogen and oxygen atoms in total. The molecule has 0 aliphatic rings. The van der Waals surface area contributed by atoms with E-state index in [-0.39, 0.29) is 17.7 Å². The normalized spacial score (nSPS) is 11.4. The molecule has 5 aromatic rings. The molecule has 0 spiro atoms. The van der Waals surface area contributed by atoms with E-state index in [1.165, 1.54) is 4.90 Å². The maximum Gasteiger partial charge on any atom is 0.255 e. The molecule has 3 N–H and O–H groups in total. The van der Waals surface area contributed by atoms with Gasteiger partial charge in [-0.05, 0) is 24.1 Å². The van der Waals surface area contributed by atoms with Crippen LogP contribution in [-0.4, -0.2) is 65.9 Å². The average Bonchev–Trinajstić information content (AvgIpc) is 3.46. The molecule has 2 amide bonds. The Morgan fingerprint density at radius 3 is 2.64 bits per heavy atom. The molecule has 0 fully saturated rings. The van der Waals surface area contributed by atoms with Crippen LogP contribution in [0.25, 0.3) is 44.8 Å². The molecule has 0 unspecified atom stereocenters. The molecule has 0 atom stereocenters. The Labute approximate surface area is 206 Å². The van der Waals surface area contributed by atoms with Gasteiger partial charge in [-0.3, -0.25) is 19.7 Å². The number of carbonyl (C=O) groups is 2. The summed E-state index contributed by atoms with van der Waals surface area (Å²) < 4.78 is 0. The van der Waals surface area contributed by atoms with Crippen molar-refractivity contribution in [2.24, 2.45) is 5.92 Å². The van der Waals surface area contributed by atoms with E-state index < -0.39 is 0 Å². The molecule has 5 rings (SSSR count). The highest BCUT2D eigenvalue weighted by Gasteiger charge is 2.19. The van der Waals surface area contributed by atoms with Gasteiger partial charge in [0.2, 0.25) is 5.91 Å². The first-order valence-electron chi connectivity index (χ1n) is 11.5. The van der Waals surface area contributed by atoms with Crippen molar-refractivity contribution >= 4 is 39.7 Å². The van der Waals surface area contributed by atoms with Gasteiger partial charge in [-0.1, -0.05) is 13.8 Å². The summed E-state index contributed by atoms with van der Waals surface area (Å²) in [6.07, 6.45) is 7.05. The predicted molar refractivity (Wildman–Crippen MR) is 136 cm³/mol. The number of hydrogen-bond donors (Lipinski definition) is 3. The first-order valence-corrected chi connectivity index (χ1v) is 11.5. The summed E-state index contributed by atoms with van der Waals surface area (Å²) in [7, 11) is 3.38. The molecular weight excluding hydrogens is 458 g/mol. The van der Waals surface area contributed by atoms with E-state index >= 15 is 0 Å². The van der Waals surface area contributed by atoms with Crippen molar-refractivity contribution in [3.05, 3.63) is 48.5 Å². The molecule has 5 heterocycles. The zero-order chi connectivity index (χ0) is 25.4. The fraction of sp³-hybridized carbons (Fsp3) is 0.240. The molecule has 36 heavy (non-hydrogen) atoms. The summed E-state index contributed by atoms with van der Waals surface area (Å²) in [4.78, 5) is 47.2. The second-order valence-corrected chi connectivity index (χ2v) is 9.14. The molecule has 0 aromatic carbocycles. The van der Waals surface area contributed by atoms with E-state index in [1.807, 2.05) is 26.0 Å². The van der Waals surface area contributed by atoms with Gasteiger partial charge in [0.05, 0.1) is 22.8 Å². The van der Waals surface area contributed by atoms with Crippen LogP contribution in [-0.2, 0) is 4.79 Å². The third-order valence-corrected chi connectivity index (χ3v) is 5.61. The molecule has 0 aliphatic carbocycles. The quantitative estimate of drug-likeness (QED) is 0.334. The smallest absolute Gasteiger partial charge is 0.255 e. The van der Waals surface area contributed by atoms with Gasteiger partial charge in [0.25, 0.3) is 5.91 Å². The third kappa shape index (κ3) is 4.38. The Kier molecular flexibility index (Phi) is 5.88. The van der Waals surface area contributed by atoms with Crippen molar-refractivity contribution in [2.75, 3.05) is 19.4 Å². The Hall–Kier alpha value is -4.67. The highest BCUT2D eigenvalue weighted by molar-refractivity contribution is 6.04. The maximum absolute atomic E-state index is 12.6. The summed E-state index contributed by atoms with van der Waals surface area (Å²) in [5.74, 6) is 0.511. The van der Waals surface area contributed by atoms with Gasteiger partial charge in [0.1, 0.15) is 11.2 Å². The van der Waals surface area contributed by atoms with Crippen LogP contribution in [0.15, 0.2) is 43.0 Å². The van der Waals surface area contributed by atoms with Crippen LogP contribution in [0.3, 0.4) is 0 Å². The van der Waals surface area contributed by atoms with Gasteiger partial charge in [-0.25, -0.2) is 15.0 Å².